The molecule has 1 fully saturated rings. The van der Waals surface area contributed by atoms with E-state index in [0.29, 0.717) is 36.4 Å². The quantitative estimate of drug-likeness (QED) is 0.665. The number of carbonyl (C=O) groups is 3. The van der Waals surface area contributed by atoms with Gasteiger partial charge in [0.25, 0.3) is 5.91 Å². The fraction of sp³-hybridized carbons (Fsp3) is 0.550. The first-order chi connectivity index (χ1) is 13.3. The van der Waals surface area contributed by atoms with Gasteiger partial charge < -0.3 is 19.7 Å². The van der Waals surface area contributed by atoms with Crippen LogP contribution in [-0.2, 0) is 19.1 Å². The number of halogens is 1. The molecule has 0 saturated carbocycles. The van der Waals surface area contributed by atoms with E-state index < -0.39 is 18.1 Å². The molecule has 0 spiro atoms. The summed E-state index contributed by atoms with van der Waals surface area (Å²) in [5.74, 6) is -0.304. The maximum Gasteiger partial charge on any atom is 0.308 e. The fourth-order valence-corrected chi connectivity index (χ4v) is 2.93. The standard InChI is InChI=1S/C20H27ClN2O5/c1-13(2)8-11-27-18(24)12-17-19(25)22-9-10-23(17)20(26)14(3)28-16-6-4-15(21)5-7-16/h4-7,13-14,17H,8-12H2,1-3H3,(H,22,25). The molecule has 0 bridgehead atoms. The maximum absolute atomic E-state index is 12.9. The van der Waals surface area contributed by atoms with Gasteiger partial charge in [0.05, 0.1) is 13.0 Å². The molecule has 8 heteroatoms. The van der Waals surface area contributed by atoms with Gasteiger partial charge in [-0.25, -0.2) is 0 Å². The summed E-state index contributed by atoms with van der Waals surface area (Å²) in [7, 11) is 0. The van der Waals surface area contributed by atoms with Crippen LogP contribution < -0.4 is 10.1 Å². The minimum atomic E-state index is -0.899. The summed E-state index contributed by atoms with van der Waals surface area (Å²) >= 11 is 5.85. The molecule has 1 aromatic rings. The molecule has 154 valence electrons. The lowest BCUT2D eigenvalue weighted by molar-refractivity contribution is -0.154. The summed E-state index contributed by atoms with van der Waals surface area (Å²) in [6.07, 6.45) is -0.243. The minimum absolute atomic E-state index is 0.177. The highest BCUT2D eigenvalue weighted by atomic mass is 35.5. The molecule has 28 heavy (non-hydrogen) atoms. The number of hydrogen-bond donors (Lipinski definition) is 1. The molecule has 1 aliphatic heterocycles. The van der Waals surface area contributed by atoms with Gasteiger partial charge in [0, 0.05) is 18.1 Å². The summed E-state index contributed by atoms with van der Waals surface area (Å²) in [6, 6.07) is 5.76. The number of piperazine rings is 1. The van der Waals surface area contributed by atoms with Gasteiger partial charge in [-0.15, -0.1) is 0 Å². The second kappa shape index (κ2) is 10.3. The van der Waals surface area contributed by atoms with Gasteiger partial charge in [0.2, 0.25) is 5.91 Å². The third-order valence-corrected chi connectivity index (χ3v) is 4.66. The molecule has 1 N–H and O–H groups in total. The summed E-state index contributed by atoms with van der Waals surface area (Å²) < 4.78 is 10.9. The Morgan fingerprint density at radius 2 is 1.93 bits per heavy atom. The van der Waals surface area contributed by atoms with E-state index in [1.54, 1.807) is 31.2 Å². The molecule has 2 rings (SSSR count). The van der Waals surface area contributed by atoms with Gasteiger partial charge in [-0.05, 0) is 43.5 Å². The van der Waals surface area contributed by atoms with Crippen molar-refractivity contribution in [2.45, 2.75) is 45.8 Å². The van der Waals surface area contributed by atoms with Crippen molar-refractivity contribution in [1.82, 2.24) is 10.2 Å². The second-order valence-corrected chi connectivity index (χ2v) is 7.60. The smallest absolute Gasteiger partial charge is 0.308 e. The Kier molecular flexibility index (Phi) is 8.11. The SMILES string of the molecule is CC(C)CCOC(=O)CC1C(=O)NCCN1C(=O)C(C)Oc1ccc(Cl)cc1. The molecule has 2 amide bonds. The van der Waals surface area contributed by atoms with Crippen molar-refractivity contribution in [2.24, 2.45) is 5.92 Å². The molecular weight excluding hydrogens is 384 g/mol. The molecule has 1 saturated heterocycles. The van der Waals surface area contributed by atoms with Crippen LogP contribution in [0.15, 0.2) is 24.3 Å². The minimum Gasteiger partial charge on any atom is -0.481 e. The van der Waals surface area contributed by atoms with Crippen LogP contribution in [0.3, 0.4) is 0 Å². The summed E-state index contributed by atoms with van der Waals surface area (Å²) in [5.41, 5.74) is 0. The molecule has 7 nitrogen and oxygen atoms in total. The number of amides is 2. The second-order valence-electron chi connectivity index (χ2n) is 7.16. The van der Waals surface area contributed by atoms with Crippen molar-refractivity contribution in [3.63, 3.8) is 0 Å². The normalized spacial score (nSPS) is 17.8. The van der Waals surface area contributed by atoms with E-state index in [0.717, 1.165) is 6.42 Å². The average Bonchev–Trinajstić information content (AvgIpc) is 2.64. The van der Waals surface area contributed by atoms with Crippen LogP contribution >= 0.6 is 11.6 Å². The van der Waals surface area contributed by atoms with Crippen LogP contribution in [0.4, 0.5) is 0 Å². The molecular formula is C20H27ClN2O5. The first-order valence-corrected chi connectivity index (χ1v) is 9.81. The Labute approximate surface area is 170 Å². The lowest BCUT2D eigenvalue weighted by Crippen LogP contribution is -2.60. The van der Waals surface area contributed by atoms with Gasteiger partial charge in [-0.3, -0.25) is 14.4 Å². The Hall–Kier alpha value is -2.28. The number of benzene rings is 1. The van der Waals surface area contributed by atoms with Crippen molar-refractivity contribution in [2.75, 3.05) is 19.7 Å². The summed E-state index contributed by atoms with van der Waals surface area (Å²) in [6.45, 7) is 6.62. The molecule has 1 aliphatic rings. The van der Waals surface area contributed by atoms with Gasteiger partial charge in [0.15, 0.2) is 6.10 Å². The van der Waals surface area contributed by atoms with E-state index in [1.165, 1.54) is 4.90 Å². The molecule has 2 atom stereocenters. The molecule has 0 aromatic heterocycles. The third kappa shape index (κ3) is 6.41. The number of esters is 1. The third-order valence-electron chi connectivity index (χ3n) is 4.41. The van der Waals surface area contributed by atoms with Crippen molar-refractivity contribution in [3.05, 3.63) is 29.3 Å². The molecule has 1 heterocycles. The van der Waals surface area contributed by atoms with E-state index in [2.05, 4.69) is 5.32 Å². The average molecular weight is 411 g/mol. The van der Waals surface area contributed by atoms with Crippen LogP contribution in [0.25, 0.3) is 0 Å². The molecule has 2 unspecified atom stereocenters. The van der Waals surface area contributed by atoms with E-state index >= 15 is 0 Å². The predicted octanol–water partition coefficient (Wildman–Crippen LogP) is 2.41. The van der Waals surface area contributed by atoms with Gasteiger partial charge in [0.1, 0.15) is 11.8 Å². The molecule has 0 radical (unpaired) electrons. The monoisotopic (exact) mass is 410 g/mol. The zero-order chi connectivity index (χ0) is 20.7. The predicted molar refractivity (Wildman–Crippen MR) is 105 cm³/mol. The number of carbonyl (C=O) groups excluding carboxylic acids is 3. The first-order valence-electron chi connectivity index (χ1n) is 9.44. The van der Waals surface area contributed by atoms with Crippen LogP contribution in [-0.4, -0.2) is 54.5 Å². The topological polar surface area (TPSA) is 84.9 Å². The van der Waals surface area contributed by atoms with Crippen molar-refractivity contribution in [1.29, 1.82) is 0 Å². The molecule has 1 aromatic carbocycles. The number of nitrogens with zero attached hydrogens (tertiary/aromatic N) is 1. The Balaban J connectivity index is 1.99. The lowest BCUT2D eigenvalue weighted by atomic mass is 10.1. The highest BCUT2D eigenvalue weighted by molar-refractivity contribution is 6.30. The Bertz CT molecular complexity index is 692. The van der Waals surface area contributed by atoms with Crippen molar-refractivity contribution >= 4 is 29.4 Å². The Morgan fingerprint density at radius 1 is 1.25 bits per heavy atom. The van der Waals surface area contributed by atoms with Gasteiger partial charge in [-0.2, -0.15) is 0 Å². The number of hydrogen-bond acceptors (Lipinski definition) is 5. The molecule has 0 aliphatic carbocycles. The number of nitrogens with one attached hydrogen (secondary N) is 1. The largest absolute Gasteiger partial charge is 0.481 e. The van der Waals surface area contributed by atoms with E-state index in [9.17, 15) is 14.4 Å². The summed E-state index contributed by atoms with van der Waals surface area (Å²) in [4.78, 5) is 38.6. The van der Waals surface area contributed by atoms with Crippen LogP contribution in [0.5, 0.6) is 5.75 Å². The van der Waals surface area contributed by atoms with E-state index in [-0.39, 0.29) is 18.2 Å². The van der Waals surface area contributed by atoms with Crippen molar-refractivity contribution < 1.29 is 23.9 Å². The van der Waals surface area contributed by atoms with E-state index in [4.69, 9.17) is 21.1 Å². The highest BCUT2D eigenvalue weighted by Gasteiger charge is 2.37. The van der Waals surface area contributed by atoms with Crippen LogP contribution in [0.2, 0.25) is 5.02 Å². The maximum atomic E-state index is 12.9. The van der Waals surface area contributed by atoms with Crippen LogP contribution in [0, 0.1) is 5.92 Å². The zero-order valence-electron chi connectivity index (χ0n) is 16.4. The van der Waals surface area contributed by atoms with Gasteiger partial charge >= 0.3 is 5.97 Å². The van der Waals surface area contributed by atoms with E-state index in [1.807, 2.05) is 13.8 Å². The zero-order valence-corrected chi connectivity index (χ0v) is 17.2. The van der Waals surface area contributed by atoms with Crippen molar-refractivity contribution in [3.8, 4) is 5.75 Å². The van der Waals surface area contributed by atoms with Gasteiger partial charge in [-0.1, -0.05) is 25.4 Å². The van der Waals surface area contributed by atoms with Crippen LogP contribution in [0.1, 0.15) is 33.6 Å². The Morgan fingerprint density at radius 3 is 2.57 bits per heavy atom. The fourth-order valence-electron chi connectivity index (χ4n) is 2.81. The number of rotatable bonds is 8. The first kappa shape index (κ1) is 22.0. The number of ether oxygens (including phenoxy) is 2. The lowest BCUT2D eigenvalue weighted by Gasteiger charge is -2.36. The summed E-state index contributed by atoms with van der Waals surface area (Å²) in [5, 5.41) is 3.26. The highest BCUT2D eigenvalue weighted by Crippen LogP contribution is 2.19.